The van der Waals surface area contributed by atoms with Crippen molar-refractivity contribution in [2.24, 2.45) is 27.3 Å². The van der Waals surface area contributed by atoms with Gasteiger partial charge in [0.15, 0.2) is 12.2 Å². The summed E-state index contributed by atoms with van der Waals surface area (Å²) in [6.07, 6.45) is -0.649. The van der Waals surface area contributed by atoms with Crippen LogP contribution in [0, 0.1) is 5.53 Å². The first kappa shape index (κ1) is 11.8. The van der Waals surface area contributed by atoms with Crippen LogP contribution in [-0.4, -0.2) is 24.3 Å². The zero-order valence-corrected chi connectivity index (χ0v) is 7.86. The van der Waals surface area contributed by atoms with Crippen LogP contribution in [-0.2, 0) is 0 Å². The molecule has 0 saturated heterocycles. The minimum Gasteiger partial charge on any atom is -0.370 e. The molecule has 0 fully saturated rings. The molecule has 7 heteroatoms. The molecular formula is C6H17N7. The summed E-state index contributed by atoms with van der Waals surface area (Å²) in [6.45, 7) is 3.65. The summed E-state index contributed by atoms with van der Waals surface area (Å²) in [6, 6.07) is -0.198. The van der Waals surface area contributed by atoms with E-state index in [9.17, 15) is 0 Å². The van der Waals surface area contributed by atoms with Crippen molar-refractivity contribution in [1.29, 1.82) is 5.53 Å². The highest BCUT2D eigenvalue weighted by Gasteiger charge is 2.12. The molecule has 0 aliphatic heterocycles. The van der Waals surface area contributed by atoms with Gasteiger partial charge in [0.2, 0.25) is 0 Å². The Morgan fingerprint density at radius 2 is 1.92 bits per heavy atom. The number of aliphatic imine (C=N–C) groups is 1. The molecule has 76 valence electrons. The maximum Gasteiger partial charge on any atom is 0.188 e. The maximum atomic E-state index is 6.78. The van der Waals surface area contributed by atoms with Crippen LogP contribution in [0.4, 0.5) is 0 Å². The van der Waals surface area contributed by atoms with Crippen LogP contribution < -0.4 is 22.5 Å². The third-order valence-electron chi connectivity index (χ3n) is 1.65. The van der Waals surface area contributed by atoms with Crippen molar-refractivity contribution in [3.8, 4) is 0 Å². The third-order valence-corrected chi connectivity index (χ3v) is 1.65. The Balaban J connectivity index is 3.98. The van der Waals surface area contributed by atoms with Crippen LogP contribution in [0.3, 0.4) is 0 Å². The Morgan fingerprint density at radius 3 is 2.31 bits per heavy atom. The molecular weight excluding hydrogens is 170 g/mol. The normalized spacial score (nSPS) is 17.2. The summed E-state index contributed by atoms with van der Waals surface area (Å²) < 4.78 is 0. The number of rotatable bonds is 5. The van der Waals surface area contributed by atoms with Gasteiger partial charge in [-0.05, 0) is 13.8 Å². The maximum absolute atomic E-state index is 6.78. The second kappa shape index (κ2) is 5.44. The average Bonchev–Trinajstić information content (AvgIpc) is 2.01. The fourth-order valence-electron chi connectivity index (χ4n) is 0.718. The van der Waals surface area contributed by atoms with E-state index in [0.29, 0.717) is 0 Å². The van der Waals surface area contributed by atoms with Crippen molar-refractivity contribution < 1.29 is 0 Å². The molecule has 7 nitrogen and oxygen atoms in total. The Morgan fingerprint density at radius 1 is 1.38 bits per heavy atom. The van der Waals surface area contributed by atoms with Gasteiger partial charge in [0.25, 0.3) is 0 Å². The predicted octanol–water partition coefficient (Wildman–Crippen LogP) is -1.10. The SMILES string of the molecule is CC(N=N)C(C)NC(N)N=C(N)N. The minimum absolute atomic E-state index is 0.0457. The van der Waals surface area contributed by atoms with Crippen LogP contribution >= 0.6 is 0 Å². The van der Waals surface area contributed by atoms with Gasteiger partial charge in [0, 0.05) is 6.04 Å². The molecule has 0 aliphatic rings. The monoisotopic (exact) mass is 187 g/mol. The van der Waals surface area contributed by atoms with E-state index in [2.05, 4.69) is 15.4 Å². The number of guanidine groups is 1. The van der Waals surface area contributed by atoms with Gasteiger partial charge in [-0.1, -0.05) is 0 Å². The number of nitrogens with two attached hydrogens (primary N) is 3. The summed E-state index contributed by atoms with van der Waals surface area (Å²) in [4.78, 5) is 3.67. The molecule has 0 aliphatic carbocycles. The standard InChI is InChI=1S/C6H17N7/c1-3(4(2)13-10)11-6(9)12-5(7)8/h3-4,6,10-11H,9H2,1-2H3,(H4,7,8,12). The Bertz CT molecular complexity index is 185. The highest BCUT2D eigenvalue weighted by atomic mass is 15.2. The lowest BCUT2D eigenvalue weighted by molar-refractivity contribution is 0.410. The molecule has 3 atom stereocenters. The zero-order chi connectivity index (χ0) is 10.4. The molecule has 0 spiro atoms. The Kier molecular flexibility index (Phi) is 4.93. The number of hydrogen-bond donors (Lipinski definition) is 5. The molecule has 0 heterocycles. The van der Waals surface area contributed by atoms with Crippen molar-refractivity contribution in [1.82, 2.24) is 5.32 Å². The molecule has 0 bridgehead atoms. The summed E-state index contributed by atoms with van der Waals surface area (Å²) in [5, 5.41) is 6.22. The lowest BCUT2D eigenvalue weighted by Crippen LogP contribution is -2.47. The quantitative estimate of drug-likeness (QED) is 0.161. The summed E-state index contributed by atoms with van der Waals surface area (Å²) in [5.74, 6) is -0.0670. The lowest BCUT2D eigenvalue weighted by atomic mass is 10.2. The molecule has 0 rings (SSSR count). The fraction of sp³-hybridized carbons (Fsp3) is 0.833. The molecule has 0 amide bonds. The van der Waals surface area contributed by atoms with Crippen molar-refractivity contribution in [3.63, 3.8) is 0 Å². The van der Waals surface area contributed by atoms with E-state index in [0.717, 1.165) is 0 Å². The molecule has 0 aromatic heterocycles. The molecule has 0 radical (unpaired) electrons. The van der Waals surface area contributed by atoms with Crippen molar-refractivity contribution in [2.75, 3.05) is 0 Å². The summed E-state index contributed by atoms with van der Waals surface area (Å²) in [5.41, 5.74) is 22.5. The topological polar surface area (TPSA) is 139 Å². The first-order valence-corrected chi connectivity index (χ1v) is 3.94. The van der Waals surface area contributed by atoms with E-state index in [4.69, 9.17) is 22.7 Å². The van der Waals surface area contributed by atoms with Crippen LogP contribution in [0.2, 0.25) is 0 Å². The summed E-state index contributed by atoms with van der Waals surface area (Å²) >= 11 is 0. The smallest absolute Gasteiger partial charge is 0.188 e. The van der Waals surface area contributed by atoms with Crippen molar-refractivity contribution in [3.05, 3.63) is 0 Å². The van der Waals surface area contributed by atoms with E-state index in [-0.39, 0.29) is 18.0 Å². The van der Waals surface area contributed by atoms with E-state index in [1.54, 1.807) is 6.92 Å². The van der Waals surface area contributed by atoms with E-state index in [1.165, 1.54) is 0 Å². The average molecular weight is 187 g/mol. The van der Waals surface area contributed by atoms with Gasteiger partial charge < -0.3 is 11.5 Å². The molecule has 0 saturated carbocycles. The molecule has 13 heavy (non-hydrogen) atoms. The van der Waals surface area contributed by atoms with Gasteiger partial charge in [0.1, 0.15) is 0 Å². The third kappa shape index (κ3) is 5.10. The van der Waals surface area contributed by atoms with Crippen molar-refractivity contribution >= 4 is 5.96 Å². The molecule has 0 aromatic carbocycles. The van der Waals surface area contributed by atoms with Gasteiger partial charge in [-0.3, -0.25) is 11.1 Å². The second-order valence-corrected chi connectivity index (χ2v) is 2.82. The van der Waals surface area contributed by atoms with Gasteiger partial charge >= 0.3 is 0 Å². The lowest BCUT2D eigenvalue weighted by Gasteiger charge is -2.19. The van der Waals surface area contributed by atoms with Gasteiger partial charge in [-0.2, -0.15) is 5.11 Å². The molecule has 0 aromatic rings. The minimum atomic E-state index is -0.649. The second-order valence-electron chi connectivity index (χ2n) is 2.82. The van der Waals surface area contributed by atoms with E-state index in [1.807, 2.05) is 6.92 Å². The highest BCUT2D eigenvalue weighted by molar-refractivity contribution is 5.75. The first-order chi connectivity index (χ1) is 5.97. The predicted molar refractivity (Wildman–Crippen MR) is 51.0 cm³/mol. The van der Waals surface area contributed by atoms with Crippen LogP contribution in [0.25, 0.3) is 0 Å². The highest BCUT2D eigenvalue weighted by Crippen LogP contribution is 1.96. The molecule has 3 unspecified atom stereocenters. The van der Waals surface area contributed by atoms with E-state index < -0.39 is 6.29 Å². The molecule has 8 N–H and O–H groups in total. The van der Waals surface area contributed by atoms with Crippen molar-refractivity contribution in [2.45, 2.75) is 32.2 Å². The van der Waals surface area contributed by atoms with Gasteiger partial charge in [-0.25, -0.2) is 10.5 Å². The zero-order valence-electron chi connectivity index (χ0n) is 7.86. The Labute approximate surface area is 77.3 Å². The Hall–Kier alpha value is -1.21. The number of hydrogen-bond acceptors (Lipinski definition) is 5. The van der Waals surface area contributed by atoms with Gasteiger partial charge in [-0.15, -0.1) is 0 Å². The van der Waals surface area contributed by atoms with E-state index >= 15 is 0 Å². The first-order valence-electron chi connectivity index (χ1n) is 3.94. The van der Waals surface area contributed by atoms with Crippen LogP contribution in [0.5, 0.6) is 0 Å². The largest absolute Gasteiger partial charge is 0.370 e. The van der Waals surface area contributed by atoms with Gasteiger partial charge in [0.05, 0.1) is 6.04 Å². The fourth-order valence-corrected chi connectivity index (χ4v) is 0.718. The van der Waals surface area contributed by atoms with Crippen LogP contribution in [0.15, 0.2) is 10.1 Å². The van der Waals surface area contributed by atoms with Crippen LogP contribution in [0.1, 0.15) is 13.8 Å². The number of nitrogens with zero attached hydrogens (tertiary/aromatic N) is 2. The summed E-state index contributed by atoms with van der Waals surface area (Å²) in [7, 11) is 0. The number of nitrogens with one attached hydrogen (secondary N) is 2.